The fourth-order valence-corrected chi connectivity index (χ4v) is 3.93. The van der Waals surface area contributed by atoms with E-state index >= 15 is 0 Å². The molecule has 1 aliphatic heterocycles. The fourth-order valence-electron chi connectivity index (χ4n) is 3.93. The summed E-state index contributed by atoms with van der Waals surface area (Å²) in [4.78, 5) is 5.72. The van der Waals surface area contributed by atoms with Gasteiger partial charge in [0.25, 0.3) is 0 Å². The van der Waals surface area contributed by atoms with E-state index in [0.29, 0.717) is 19.2 Å². The molecule has 6 heteroatoms. The zero-order valence-electron chi connectivity index (χ0n) is 18.6. The van der Waals surface area contributed by atoms with Crippen LogP contribution in [0.2, 0.25) is 0 Å². The molecule has 1 aliphatic rings. The van der Waals surface area contributed by atoms with Gasteiger partial charge in [-0.05, 0) is 45.2 Å². The Morgan fingerprint density at radius 3 is 2.45 bits per heavy atom. The first-order chi connectivity index (χ1) is 14.7. The Morgan fingerprint density at radius 2 is 1.81 bits per heavy atom. The summed E-state index contributed by atoms with van der Waals surface area (Å²) >= 11 is 0. The van der Waals surface area contributed by atoms with Crippen LogP contribution in [0.3, 0.4) is 0 Å². The number of nitrogens with zero attached hydrogens (tertiary/aromatic N) is 1. The van der Waals surface area contributed by atoms with E-state index in [-0.39, 0.29) is 5.75 Å². The normalized spacial score (nSPS) is 16.5. The molecule has 1 atom stereocenters. The largest absolute Gasteiger partial charge is 0.493 e. The van der Waals surface area contributed by atoms with Crippen LogP contribution in [0.5, 0.6) is 5.75 Å². The second-order valence-corrected chi connectivity index (χ2v) is 8.76. The second-order valence-electron chi connectivity index (χ2n) is 8.76. The smallest absolute Gasteiger partial charge is 0.129 e. The Labute approximate surface area is 182 Å². The monoisotopic (exact) mass is 432 g/mol. The molecule has 0 radical (unpaired) electrons. The van der Waals surface area contributed by atoms with Crippen molar-refractivity contribution < 1.29 is 17.9 Å². The number of para-hydroxylation sites is 1. The summed E-state index contributed by atoms with van der Waals surface area (Å²) in [5.41, 5.74) is 2.72. The third-order valence-electron chi connectivity index (χ3n) is 5.27. The summed E-state index contributed by atoms with van der Waals surface area (Å²) in [5, 5.41) is 1.32. The van der Waals surface area contributed by atoms with Gasteiger partial charge in [0.15, 0.2) is 0 Å². The number of nitrogens with one attached hydrogen (secondary N) is 1. The van der Waals surface area contributed by atoms with Crippen LogP contribution in [0, 0.1) is 11.6 Å². The number of aromatic amines is 1. The molecule has 0 spiro atoms. The Kier molecular flexibility index (Phi) is 7.31. The number of alkyl halides is 1. The highest BCUT2D eigenvalue weighted by atomic mass is 19.1. The molecule has 0 bridgehead atoms. The van der Waals surface area contributed by atoms with Crippen molar-refractivity contribution in [1.29, 1.82) is 0 Å². The molecule has 4 rings (SSSR count). The highest BCUT2D eigenvalue weighted by molar-refractivity contribution is 5.84. The minimum Gasteiger partial charge on any atom is -0.493 e. The molecule has 3 nitrogen and oxygen atoms in total. The number of rotatable bonds is 5. The highest BCUT2D eigenvalue weighted by Gasteiger charge is 2.30. The molecule has 0 amide bonds. The molecule has 0 aliphatic carbocycles. The summed E-state index contributed by atoms with van der Waals surface area (Å²) in [6, 6.07) is 12.0. The molecule has 168 valence electrons. The molecule has 2 aromatic carbocycles. The van der Waals surface area contributed by atoms with Gasteiger partial charge in [-0.3, -0.25) is 4.90 Å². The van der Waals surface area contributed by atoms with Gasteiger partial charge in [0, 0.05) is 53.9 Å². The zero-order chi connectivity index (χ0) is 22.6. The maximum atomic E-state index is 13.9. The molecule has 0 saturated heterocycles. The Hall–Kier alpha value is -2.47. The first kappa shape index (κ1) is 23.2. The topological polar surface area (TPSA) is 28.3 Å². The van der Waals surface area contributed by atoms with Crippen molar-refractivity contribution >= 4 is 10.9 Å². The van der Waals surface area contributed by atoms with Gasteiger partial charge in [-0.1, -0.05) is 25.1 Å². The van der Waals surface area contributed by atoms with Crippen LogP contribution in [0.15, 0.2) is 42.5 Å². The lowest BCUT2D eigenvalue weighted by molar-refractivity contribution is 0.0853. The average Bonchev–Trinajstić information content (AvgIpc) is 3.03. The van der Waals surface area contributed by atoms with Crippen molar-refractivity contribution in [2.75, 3.05) is 13.2 Å². The number of halogens is 3. The number of ether oxygens (including phenoxy) is 1. The van der Waals surface area contributed by atoms with Crippen molar-refractivity contribution in [3.8, 4) is 5.75 Å². The van der Waals surface area contributed by atoms with Gasteiger partial charge in [-0.15, -0.1) is 0 Å². The predicted octanol–water partition coefficient (Wildman–Crippen LogP) is 6.42. The number of hydrogen-bond acceptors (Lipinski definition) is 2. The van der Waals surface area contributed by atoms with Crippen molar-refractivity contribution in [2.24, 2.45) is 0 Å². The summed E-state index contributed by atoms with van der Waals surface area (Å²) in [7, 11) is 0. The number of aromatic nitrogens is 1. The van der Waals surface area contributed by atoms with Crippen molar-refractivity contribution in [2.45, 2.75) is 58.8 Å². The minimum atomic E-state index is -1.14. The first-order valence-electron chi connectivity index (χ1n) is 10.8. The van der Waals surface area contributed by atoms with Crippen LogP contribution in [-0.4, -0.2) is 34.7 Å². The van der Waals surface area contributed by atoms with Crippen LogP contribution < -0.4 is 4.74 Å². The quantitative estimate of drug-likeness (QED) is 0.504. The average molecular weight is 433 g/mol. The van der Waals surface area contributed by atoms with Gasteiger partial charge >= 0.3 is 0 Å². The lowest BCUT2D eigenvalue weighted by atomic mass is 9.96. The second kappa shape index (κ2) is 9.77. The summed E-state index contributed by atoms with van der Waals surface area (Å²) in [6.45, 7) is 9.21. The summed E-state index contributed by atoms with van der Waals surface area (Å²) in [5.74, 6) is -0.975. The van der Waals surface area contributed by atoms with E-state index in [1.54, 1.807) is 13.8 Å². The van der Waals surface area contributed by atoms with E-state index in [2.05, 4.69) is 41.1 Å². The van der Waals surface area contributed by atoms with E-state index in [0.717, 1.165) is 25.5 Å². The van der Waals surface area contributed by atoms with E-state index in [4.69, 9.17) is 4.74 Å². The van der Waals surface area contributed by atoms with Crippen LogP contribution in [0.1, 0.15) is 45.4 Å². The maximum Gasteiger partial charge on any atom is 0.129 e. The molecular weight excluding hydrogens is 401 g/mol. The Bertz CT molecular complexity index is 989. The molecule has 0 fully saturated rings. The van der Waals surface area contributed by atoms with E-state index < -0.39 is 17.3 Å². The molecular formula is C25H31F3N2O. The van der Waals surface area contributed by atoms with Crippen LogP contribution >= 0.6 is 0 Å². The SMILES string of the molecule is CCCOc1cc(F)cc(F)c1.C[C@@H]1Cc2c([nH]c3ccccc23)CN1CC(C)(C)F. The van der Waals surface area contributed by atoms with Gasteiger partial charge in [-0.25, -0.2) is 13.2 Å². The van der Waals surface area contributed by atoms with E-state index in [9.17, 15) is 13.2 Å². The number of hydrogen-bond donors (Lipinski definition) is 1. The maximum absolute atomic E-state index is 13.9. The van der Waals surface area contributed by atoms with Gasteiger partial charge < -0.3 is 9.72 Å². The third-order valence-corrected chi connectivity index (χ3v) is 5.27. The number of fused-ring (bicyclic) bond motifs is 3. The molecule has 2 heterocycles. The Morgan fingerprint density at radius 1 is 1.13 bits per heavy atom. The lowest BCUT2D eigenvalue weighted by Gasteiger charge is -2.36. The third kappa shape index (κ3) is 6.26. The van der Waals surface area contributed by atoms with Gasteiger partial charge in [0.1, 0.15) is 23.1 Å². The molecule has 31 heavy (non-hydrogen) atoms. The predicted molar refractivity (Wildman–Crippen MR) is 119 cm³/mol. The van der Waals surface area contributed by atoms with Crippen molar-refractivity contribution in [1.82, 2.24) is 9.88 Å². The van der Waals surface area contributed by atoms with Gasteiger partial charge in [-0.2, -0.15) is 0 Å². The van der Waals surface area contributed by atoms with Gasteiger partial charge in [0.05, 0.1) is 6.61 Å². The standard InChI is InChI=1S/C16H21FN2.C9H10F2O/c1-11-8-13-12-6-4-5-7-14(12)18-15(13)9-19(11)10-16(2,3)17;1-2-3-12-9-5-7(10)4-8(11)6-9/h4-7,11,18H,8-10H2,1-3H3;4-6H,2-3H2,1H3/t11-;/m1./s1. The van der Waals surface area contributed by atoms with Crippen molar-refractivity contribution in [3.63, 3.8) is 0 Å². The lowest BCUT2D eigenvalue weighted by Crippen LogP contribution is -2.44. The number of benzene rings is 2. The zero-order valence-corrected chi connectivity index (χ0v) is 18.6. The van der Waals surface area contributed by atoms with Crippen LogP contribution in [-0.2, 0) is 13.0 Å². The van der Waals surface area contributed by atoms with Crippen LogP contribution in [0.25, 0.3) is 10.9 Å². The highest BCUT2D eigenvalue weighted by Crippen LogP contribution is 2.31. The first-order valence-corrected chi connectivity index (χ1v) is 10.8. The minimum absolute atomic E-state index is 0.245. The molecule has 1 N–H and O–H groups in total. The number of H-pyrrole nitrogens is 1. The van der Waals surface area contributed by atoms with Gasteiger partial charge in [0.2, 0.25) is 0 Å². The van der Waals surface area contributed by atoms with Crippen molar-refractivity contribution in [3.05, 3.63) is 65.4 Å². The molecule has 0 saturated carbocycles. The fraction of sp³-hybridized carbons (Fsp3) is 0.440. The van der Waals surface area contributed by atoms with Crippen LogP contribution in [0.4, 0.5) is 13.2 Å². The molecule has 0 unspecified atom stereocenters. The van der Waals surface area contributed by atoms with E-state index in [1.807, 2.05) is 6.92 Å². The summed E-state index contributed by atoms with van der Waals surface area (Å²) in [6.07, 6.45) is 1.81. The Balaban J connectivity index is 0.000000196. The summed E-state index contributed by atoms with van der Waals surface area (Å²) < 4.78 is 44.0. The molecule has 1 aromatic heterocycles. The van der Waals surface area contributed by atoms with E-state index in [1.165, 1.54) is 34.3 Å². The molecule has 3 aromatic rings.